The molecule has 0 aliphatic carbocycles. The first kappa shape index (κ1) is 16.3. The van der Waals surface area contributed by atoms with Gasteiger partial charge in [0, 0.05) is 18.7 Å². The monoisotopic (exact) mass is 353 g/mol. The Hall–Kier alpha value is -1.03. The lowest BCUT2D eigenvalue weighted by Crippen LogP contribution is -2.32. The maximum absolute atomic E-state index is 12.6. The van der Waals surface area contributed by atoms with Crippen molar-refractivity contribution in [1.82, 2.24) is 4.90 Å². The molecule has 1 aromatic rings. The molecule has 3 nitrogen and oxygen atoms in total. The Balaban J connectivity index is 2.04. The van der Waals surface area contributed by atoms with Gasteiger partial charge in [-0.15, -0.1) is 0 Å². The van der Waals surface area contributed by atoms with E-state index in [9.17, 15) is 4.79 Å². The summed E-state index contributed by atoms with van der Waals surface area (Å²) in [4.78, 5) is 14.6. The molecule has 1 saturated heterocycles. The maximum atomic E-state index is 12.6. The van der Waals surface area contributed by atoms with Crippen molar-refractivity contribution in [3.8, 4) is 5.75 Å². The smallest absolute Gasteiger partial charge is 0.253 e. The molecule has 1 fully saturated rings. The Morgan fingerprint density at radius 2 is 2.19 bits per heavy atom. The normalized spacial score (nSPS) is 19.2. The Morgan fingerprint density at radius 1 is 1.38 bits per heavy atom. The first-order chi connectivity index (χ1) is 10.2. The second-order valence-electron chi connectivity index (χ2n) is 5.73. The van der Waals surface area contributed by atoms with Crippen LogP contribution in [0.15, 0.2) is 22.7 Å². The van der Waals surface area contributed by atoms with Crippen LogP contribution < -0.4 is 4.74 Å². The zero-order valence-corrected chi connectivity index (χ0v) is 14.5. The molecule has 0 radical (unpaired) electrons. The van der Waals surface area contributed by atoms with E-state index in [-0.39, 0.29) is 5.91 Å². The van der Waals surface area contributed by atoms with Gasteiger partial charge in [0.1, 0.15) is 5.75 Å². The van der Waals surface area contributed by atoms with Gasteiger partial charge in [-0.3, -0.25) is 4.79 Å². The van der Waals surface area contributed by atoms with Crippen LogP contribution in [0.1, 0.15) is 49.4 Å². The SMILES string of the molecule is CCCC1CCCN(C(=O)c2ccc(OC)c(Br)c2)CC1. The predicted molar refractivity (Wildman–Crippen MR) is 88.8 cm³/mol. The molecule has 1 aliphatic rings. The number of ether oxygens (including phenoxy) is 1. The molecule has 1 aromatic carbocycles. The molecule has 2 rings (SSSR count). The van der Waals surface area contributed by atoms with E-state index in [1.807, 2.05) is 23.1 Å². The number of methoxy groups -OCH3 is 1. The van der Waals surface area contributed by atoms with Gasteiger partial charge < -0.3 is 9.64 Å². The topological polar surface area (TPSA) is 29.5 Å². The van der Waals surface area contributed by atoms with Crippen molar-refractivity contribution < 1.29 is 9.53 Å². The summed E-state index contributed by atoms with van der Waals surface area (Å²) in [6.45, 7) is 4.00. The fourth-order valence-corrected chi connectivity index (χ4v) is 3.59. The average Bonchev–Trinajstić information content (AvgIpc) is 2.72. The number of hydrogen-bond donors (Lipinski definition) is 0. The van der Waals surface area contributed by atoms with Crippen LogP contribution in [0.4, 0.5) is 0 Å². The summed E-state index contributed by atoms with van der Waals surface area (Å²) in [5, 5.41) is 0. The standard InChI is InChI=1S/C17H24BrNO2/c1-3-5-13-6-4-10-19(11-9-13)17(20)14-7-8-16(21-2)15(18)12-14/h7-8,12-13H,3-6,9-11H2,1-2H3. The van der Waals surface area contributed by atoms with Gasteiger partial charge in [0.25, 0.3) is 5.91 Å². The van der Waals surface area contributed by atoms with Gasteiger partial charge in [0.2, 0.25) is 0 Å². The number of carbonyl (C=O) groups excluding carboxylic acids is 1. The van der Waals surface area contributed by atoms with Gasteiger partial charge in [-0.1, -0.05) is 19.8 Å². The zero-order chi connectivity index (χ0) is 15.2. The van der Waals surface area contributed by atoms with E-state index in [2.05, 4.69) is 22.9 Å². The molecule has 116 valence electrons. The molecular weight excluding hydrogens is 330 g/mol. The van der Waals surface area contributed by atoms with Crippen LogP contribution in [0.2, 0.25) is 0 Å². The first-order valence-electron chi connectivity index (χ1n) is 7.78. The fraction of sp³-hybridized carbons (Fsp3) is 0.588. The van der Waals surface area contributed by atoms with Crippen molar-refractivity contribution in [1.29, 1.82) is 0 Å². The van der Waals surface area contributed by atoms with Crippen LogP contribution in [0.3, 0.4) is 0 Å². The van der Waals surface area contributed by atoms with Crippen LogP contribution in [-0.4, -0.2) is 31.0 Å². The van der Waals surface area contributed by atoms with Gasteiger partial charge in [0.05, 0.1) is 11.6 Å². The minimum Gasteiger partial charge on any atom is -0.496 e. The summed E-state index contributed by atoms with van der Waals surface area (Å²) in [6.07, 6.45) is 6.04. The summed E-state index contributed by atoms with van der Waals surface area (Å²) in [5.41, 5.74) is 0.733. The number of benzene rings is 1. The second-order valence-corrected chi connectivity index (χ2v) is 6.58. The highest BCUT2D eigenvalue weighted by atomic mass is 79.9. The Kier molecular flexibility index (Phi) is 6.09. The molecule has 1 unspecified atom stereocenters. The second kappa shape index (κ2) is 7.83. The number of amides is 1. The third kappa shape index (κ3) is 4.22. The molecule has 4 heteroatoms. The molecule has 0 N–H and O–H groups in total. The summed E-state index contributed by atoms with van der Waals surface area (Å²) >= 11 is 3.45. The van der Waals surface area contributed by atoms with Crippen LogP contribution in [0, 0.1) is 5.92 Å². The average molecular weight is 354 g/mol. The zero-order valence-electron chi connectivity index (χ0n) is 12.9. The largest absolute Gasteiger partial charge is 0.496 e. The van der Waals surface area contributed by atoms with Crippen molar-refractivity contribution >= 4 is 21.8 Å². The van der Waals surface area contributed by atoms with Gasteiger partial charge in [-0.2, -0.15) is 0 Å². The third-order valence-corrected chi connectivity index (χ3v) is 4.85. The van der Waals surface area contributed by atoms with E-state index in [1.165, 1.54) is 19.3 Å². The van der Waals surface area contributed by atoms with E-state index in [0.29, 0.717) is 0 Å². The summed E-state index contributed by atoms with van der Waals surface area (Å²) in [5.74, 6) is 1.68. The molecular formula is C17H24BrNO2. The van der Waals surface area contributed by atoms with Gasteiger partial charge in [-0.25, -0.2) is 0 Å². The predicted octanol–water partition coefficient (Wildman–Crippen LogP) is 4.50. The Labute approximate surface area is 135 Å². The van der Waals surface area contributed by atoms with Crippen molar-refractivity contribution in [2.75, 3.05) is 20.2 Å². The van der Waals surface area contributed by atoms with Gasteiger partial charge in [0.15, 0.2) is 0 Å². The minimum absolute atomic E-state index is 0.135. The van der Waals surface area contributed by atoms with E-state index in [1.54, 1.807) is 7.11 Å². The summed E-state index contributed by atoms with van der Waals surface area (Å²) in [7, 11) is 1.63. The fourth-order valence-electron chi connectivity index (χ4n) is 3.05. The molecule has 1 atom stereocenters. The Morgan fingerprint density at radius 3 is 2.86 bits per heavy atom. The van der Waals surface area contributed by atoms with Crippen LogP contribution in [0.25, 0.3) is 0 Å². The van der Waals surface area contributed by atoms with E-state index in [0.717, 1.165) is 47.6 Å². The van der Waals surface area contributed by atoms with Crippen molar-refractivity contribution in [2.45, 2.75) is 39.0 Å². The highest BCUT2D eigenvalue weighted by Gasteiger charge is 2.21. The minimum atomic E-state index is 0.135. The maximum Gasteiger partial charge on any atom is 0.253 e. The number of rotatable bonds is 4. The number of likely N-dealkylation sites (tertiary alicyclic amines) is 1. The molecule has 1 amide bonds. The molecule has 0 aromatic heterocycles. The number of hydrogen-bond acceptors (Lipinski definition) is 2. The van der Waals surface area contributed by atoms with E-state index >= 15 is 0 Å². The molecule has 1 aliphatic heterocycles. The first-order valence-corrected chi connectivity index (χ1v) is 8.57. The highest BCUT2D eigenvalue weighted by Crippen LogP contribution is 2.27. The van der Waals surface area contributed by atoms with Gasteiger partial charge in [-0.05, 0) is 59.3 Å². The molecule has 1 heterocycles. The van der Waals surface area contributed by atoms with Crippen molar-refractivity contribution in [3.63, 3.8) is 0 Å². The van der Waals surface area contributed by atoms with Crippen molar-refractivity contribution in [2.24, 2.45) is 5.92 Å². The summed E-state index contributed by atoms with van der Waals surface area (Å²) < 4.78 is 6.04. The van der Waals surface area contributed by atoms with Crippen LogP contribution in [0.5, 0.6) is 5.75 Å². The van der Waals surface area contributed by atoms with Crippen molar-refractivity contribution in [3.05, 3.63) is 28.2 Å². The molecule has 0 spiro atoms. The Bertz CT molecular complexity index is 490. The lowest BCUT2D eigenvalue weighted by Gasteiger charge is -2.21. The van der Waals surface area contributed by atoms with Crippen LogP contribution >= 0.6 is 15.9 Å². The number of halogens is 1. The quantitative estimate of drug-likeness (QED) is 0.797. The van der Waals surface area contributed by atoms with Crippen LogP contribution in [-0.2, 0) is 0 Å². The lowest BCUT2D eigenvalue weighted by atomic mass is 9.96. The summed E-state index contributed by atoms with van der Waals surface area (Å²) in [6, 6.07) is 5.55. The molecule has 0 bridgehead atoms. The number of nitrogens with zero attached hydrogens (tertiary/aromatic N) is 1. The number of carbonyl (C=O) groups is 1. The lowest BCUT2D eigenvalue weighted by molar-refractivity contribution is 0.0759. The molecule has 21 heavy (non-hydrogen) atoms. The third-order valence-electron chi connectivity index (χ3n) is 4.23. The van der Waals surface area contributed by atoms with Gasteiger partial charge >= 0.3 is 0 Å². The highest BCUT2D eigenvalue weighted by molar-refractivity contribution is 9.10. The molecule has 0 saturated carbocycles. The van der Waals surface area contributed by atoms with E-state index in [4.69, 9.17) is 4.74 Å². The van der Waals surface area contributed by atoms with E-state index < -0.39 is 0 Å².